The first-order chi connectivity index (χ1) is 12.1. The summed E-state index contributed by atoms with van der Waals surface area (Å²) in [5, 5.41) is 10.2. The number of hydrogen-bond acceptors (Lipinski definition) is 4. The van der Waals surface area contributed by atoms with Crippen molar-refractivity contribution in [3.05, 3.63) is 51.2 Å². The maximum absolute atomic E-state index is 6.59. The Kier molecular flexibility index (Phi) is 3.59. The number of halogens is 1. The number of rotatable bonds is 1. The van der Waals surface area contributed by atoms with Crippen LogP contribution in [0.3, 0.4) is 0 Å². The topological polar surface area (TPSA) is 29.3 Å². The zero-order chi connectivity index (χ0) is 17.0. The minimum Gasteiger partial charge on any atom is -0.466 e. The van der Waals surface area contributed by atoms with Crippen molar-refractivity contribution in [2.45, 2.75) is 31.0 Å². The number of nitrogens with one attached hydrogen (secondary N) is 1. The molecule has 0 unspecified atom stereocenters. The van der Waals surface area contributed by atoms with Crippen molar-refractivity contribution in [3.63, 3.8) is 0 Å². The van der Waals surface area contributed by atoms with Crippen LogP contribution in [0.4, 0.5) is 0 Å². The Hall–Kier alpha value is -1.56. The third-order valence-corrected chi connectivity index (χ3v) is 6.80. The Morgan fingerprint density at radius 2 is 2.16 bits per heavy atom. The van der Waals surface area contributed by atoms with Gasteiger partial charge in [-0.1, -0.05) is 17.7 Å². The van der Waals surface area contributed by atoms with Gasteiger partial charge in [-0.2, -0.15) is 5.10 Å². The smallest absolute Gasteiger partial charge is 0.208 e. The van der Waals surface area contributed by atoms with E-state index in [1.165, 1.54) is 16.2 Å². The van der Waals surface area contributed by atoms with Gasteiger partial charge in [0.05, 0.1) is 49.6 Å². The van der Waals surface area contributed by atoms with E-state index in [4.69, 9.17) is 21.4 Å². The predicted octanol–water partition coefficient (Wildman–Crippen LogP) is 2.95. The molecule has 0 saturated carbocycles. The molecule has 1 N–H and O–H groups in total. The van der Waals surface area contributed by atoms with Crippen molar-refractivity contribution in [2.75, 3.05) is 20.1 Å². The lowest BCUT2D eigenvalue weighted by Crippen LogP contribution is -3.11. The number of hydrogen-bond donors (Lipinski definition) is 1. The first kappa shape index (κ1) is 15.7. The second-order valence-electron chi connectivity index (χ2n) is 7.28. The molecule has 1 atom stereocenters. The summed E-state index contributed by atoms with van der Waals surface area (Å²) in [4.78, 5) is 2.82. The molecule has 2 aromatic rings. The monoisotopic (exact) mass is 374 g/mol. The molecule has 0 radical (unpaired) electrons. The van der Waals surface area contributed by atoms with E-state index < -0.39 is 0 Å². The summed E-state index contributed by atoms with van der Waals surface area (Å²) in [5.41, 5.74) is 2.02. The molecular weight excluding hydrogens is 354 g/mol. The Morgan fingerprint density at radius 3 is 2.92 bits per heavy atom. The van der Waals surface area contributed by atoms with Crippen LogP contribution in [-0.4, -0.2) is 36.6 Å². The van der Waals surface area contributed by atoms with Crippen molar-refractivity contribution in [2.24, 2.45) is 5.10 Å². The van der Waals surface area contributed by atoms with E-state index in [1.807, 2.05) is 12.1 Å². The second kappa shape index (κ2) is 5.73. The fraction of sp³-hybridized carbons (Fsp3) is 0.421. The van der Waals surface area contributed by atoms with E-state index in [9.17, 15) is 0 Å². The molecule has 1 spiro atoms. The minimum absolute atomic E-state index is 0.220. The summed E-state index contributed by atoms with van der Waals surface area (Å²) in [7, 11) is 2.26. The molecule has 4 heterocycles. The largest absolute Gasteiger partial charge is 0.466 e. The van der Waals surface area contributed by atoms with Gasteiger partial charge in [0, 0.05) is 17.0 Å². The SMILES string of the molecule is C[NH+]1CCC2(CC1)Oc1ccc(Cl)cc1[C@H]1CC(c3cccs3)=NN12. The summed E-state index contributed by atoms with van der Waals surface area (Å²) in [5.74, 6) is 0.979. The van der Waals surface area contributed by atoms with Crippen LogP contribution in [-0.2, 0) is 0 Å². The Balaban J connectivity index is 1.60. The van der Waals surface area contributed by atoms with Crippen LogP contribution >= 0.6 is 22.9 Å². The van der Waals surface area contributed by atoms with E-state index in [0.29, 0.717) is 0 Å². The van der Waals surface area contributed by atoms with Gasteiger partial charge in [0.1, 0.15) is 5.75 Å². The summed E-state index contributed by atoms with van der Waals surface area (Å²) >= 11 is 8.04. The van der Waals surface area contributed by atoms with Gasteiger partial charge in [0.15, 0.2) is 0 Å². The zero-order valence-corrected chi connectivity index (χ0v) is 15.7. The summed E-state index contributed by atoms with van der Waals surface area (Å²) < 4.78 is 6.59. The van der Waals surface area contributed by atoms with Crippen molar-refractivity contribution in [1.29, 1.82) is 0 Å². The van der Waals surface area contributed by atoms with Gasteiger partial charge < -0.3 is 9.64 Å². The van der Waals surface area contributed by atoms with Crippen LogP contribution in [0.2, 0.25) is 5.02 Å². The first-order valence-corrected chi connectivity index (χ1v) is 10.1. The number of piperidine rings is 1. The molecule has 0 aliphatic carbocycles. The van der Waals surface area contributed by atoms with Gasteiger partial charge in [-0.3, -0.25) is 0 Å². The van der Waals surface area contributed by atoms with E-state index >= 15 is 0 Å². The maximum Gasteiger partial charge on any atom is 0.208 e. The Labute approximate surface area is 156 Å². The predicted molar refractivity (Wildman–Crippen MR) is 101 cm³/mol. The van der Waals surface area contributed by atoms with Gasteiger partial charge in [-0.15, -0.1) is 11.3 Å². The molecule has 130 valence electrons. The lowest BCUT2D eigenvalue weighted by atomic mass is 9.91. The number of benzene rings is 1. The van der Waals surface area contributed by atoms with Gasteiger partial charge in [0.2, 0.25) is 5.72 Å². The number of ether oxygens (including phenoxy) is 1. The highest BCUT2D eigenvalue weighted by atomic mass is 35.5. The fourth-order valence-corrected chi connectivity index (χ4v) is 5.14. The van der Waals surface area contributed by atoms with Crippen LogP contribution in [0, 0.1) is 0 Å². The lowest BCUT2D eigenvalue weighted by molar-refractivity contribution is -0.888. The third-order valence-electron chi connectivity index (χ3n) is 5.65. The van der Waals surface area contributed by atoms with Crippen LogP contribution < -0.4 is 9.64 Å². The summed E-state index contributed by atoms with van der Waals surface area (Å²) in [6.07, 6.45) is 2.92. The molecular formula is C19H21ClN3OS+. The van der Waals surface area contributed by atoms with Gasteiger partial charge in [0.25, 0.3) is 0 Å². The van der Waals surface area contributed by atoms with Crippen LogP contribution in [0.1, 0.15) is 35.7 Å². The van der Waals surface area contributed by atoms with E-state index in [2.05, 4.69) is 35.6 Å². The van der Waals surface area contributed by atoms with Crippen molar-refractivity contribution in [1.82, 2.24) is 5.01 Å². The number of hydrazone groups is 1. The molecule has 1 fully saturated rings. The van der Waals surface area contributed by atoms with Crippen molar-refractivity contribution >= 4 is 28.6 Å². The van der Waals surface area contributed by atoms with E-state index in [1.54, 1.807) is 16.2 Å². The normalized spacial score (nSPS) is 30.6. The Bertz CT molecular complexity index is 827. The quantitative estimate of drug-likeness (QED) is 0.831. The molecule has 1 aromatic heterocycles. The van der Waals surface area contributed by atoms with Gasteiger partial charge in [-0.05, 0) is 29.6 Å². The second-order valence-corrected chi connectivity index (χ2v) is 8.66. The molecule has 5 rings (SSSR count). The average molecular weight is 375 g/mol. The summed E-state index contributed by atoms with van der Waals surface area (Å²) in [6.45, 7) is 2.21. The number of likely N-dealkylation sites (tertiary alicyclic amines) is 1. The number of fused-ring (bicyclic) bond motifs is 4. The van der Waals surface area contributed by atoms with Gasteiger partial charge >= 0.3 is 0 Å². The van der Waals surface area contributed by atoms with Crippen LogP contribution in [0.15, 0.2) is 40.8 Å². The molecule has 1 saturated heterocycles. The van der Waals surface area contributed by atoms with Crippen LogP contribution in [0.25, 0.3) is 0 Å². The third kappa shape index (κ3) is 2.48. The molecule has 3 aliphatic rings. The van der Waals surface area contributed by atoms with Crippen molar-refractivity contribution < 1.29 is 9.64 Å². The molecule has 0 bridgehead atoms. The Morgan fingerprint density at radius 1 is 1.32 bits per heavy atom. The van der Waals surface area contributed by atoms with Gasteiger partial charge in [-0.25, -0.2) is 5.01 Å². The number of nitrogens with zero attached hydrogens (tertiary/aromatic N) is 2. The fourth-order valence-electron chi connectivity index (χ4n) is 4.24. The first-order valence-electron chi connectivity index (χ1n) is 8.85. The highest BCUT2D eigenvalue weighted by Crippen LogP contribution is 2.49. The lowest BCUT2D eigenvalue weighted by Gasteiger charge is -2.49. The molecule has 3 aliphatic heterocycles. The highest BCUT2D eigenvalue weighted by Gasteiger charge is 2.52. The summed E-state index contributed by atoms with van der Waals surface area (Å²) in [6, 6.07) is 10.5. The maximum atomic E-state index is 6.59. The molecule has 1 aromatic carbocycles. The molecule has 4 nitrogen and oxygen atoms in total. The highest BCUT2D eigenvalue weighted by molar-refractivity contribution is 7.12. The molecule has 25 heavy (non-hydrogen) atoms. The average Bonchev–Trinajstić information content (AvgIpc) is 3.28. The van der Waals surface area contributed by atoms with Crippen molar-refractivity contribution in [3.8, 4) is 5.75 Å². The number of quaternary nitrogens is 1. The number of thiophene rings is 1. The molecule has 0 amide bonds. The van der Waals surface area contributed by atoms with E-state index in [-0.39, 0.29) is 11.8 Å². The zero-order valence-electron chi connectivity index (χ0n) is 14.2. The van der Waals surface area contributed by atoms with Crippen LogP contribution in [0.5, 0.6) is 5.75 Å². The van der Waals surface area contributed by atoms with E-state index in [0.717, 1.165) is 43.1 Å². The molecule has 6 heteroatoms. The standard InChI is InChI=1S/C19H20ClN3OS/c1-22-8-6-19(7-9-22)23-16(12-15(21-23)18-3-2-10-25-18)14-11-13(20)4-5-17(14)24-19/h2-5,10-11,16H,6-9,12H2,1H3/p+1/t16-/m1/s1. The minimum atomic E-state index is -0.315.